The Morgan fingerprint density at radius 1 is 1.19 bits per heavy atom. The van der Waals surface area contributed by atoms with Crippen molar-refractivity contribution in [2.24, 2.45) is 0 Å². The van der Waals surface area contributed by atoms with Crippen LogP contribution in [0.15, 0.2) is 42.5 Å². The lowest BCUT2D eigenvalue weighted by Crippen LogP contribution is -2.35. The number of anilines is 1. The Morgan fingerprint density at radius 2 is 1.91 bits per heavy atom. The molecule has 0 aromatic heterocycles. The number of rotatable bonds is 7. The van der Waals surface area contributed by atoms with Crippen LogP contribution in [0.1, 0.15) is 44.4 Å². The number of carbonyl (C=O) groups is 1. The number of nitrogens with one attached hydrogen (secondary N) is 1. The zero-order chi connectivity index (χ0) is 23.3. The van der Waals surface area contributed by atoms with Gasteiger partial charge in [-0.1, -0.05) is 6.07 Å². The molecule has 1 fully saturated rings. The van der Waals surface area contributed by atoms with Crippen LogP contribution in [0.5, 0.6) is 5.75 Å². The second-order valence-electron chi connectivity index (χ2n) is 9.02. The predicted molar refractivity (Wildman–Crippen MR) is 123 cm³/mol. The quantitative estimate of drug-likeness (QED) is 0.609. The van der Waals surface area contributed by atoms with Gasteiger partial charge in [0.2, 0.25) is 0 Å². The molecule has 1 aliphatic heterocycles. The summed E-state index contributed by atoms with van der Waals surface area (Å²) in [6, 6.07) is 12.8. The van der Waals surface area contributed by atoms with Gasteiger partial charge in [-0.15, -0.1) is 0 Å². The number of carbonyl (C=O) groups excluding carboxylic acids is 1. The molecular formula is C25H33FN2O4. The van der Waals surface area contributed by atoms with Gasteiger partial charge in [-0.2, -0.15) is 0 Å². The Bertz CT molecular complexity index is 891. The lowest BCUT2D eigenvalue weighted by molar-refractivity contribution is 0.0366. The first kappa shape index (κ1) is 23.9. The zero-order valence-corrected chi connectivity index (χ0v) is 19.5. The van der Waals surface area contributed by atoms with E-state index in [4.69, 9.17) is 14.2 Å². The van der Waals surface area contributed by atoms with E-state index < -0.39 is 11.7 Å². The van der Waals surface area contributed by atoms with Crippen LogP contribution in [0.4, 0.5) is 14.9 Å². The molecule has 0 unspecified atom stereocenters. The van der Waals surface area contributed by atoms with E-state index in [1.165, 1.54) is 6.07 Å². The van der Waals surface area contributed by atoms with Crippen LogP contribution >= 0.6 is 0 Å². The van der Waals surface area contributed by atoms with E-state index in [9.17, 15) is 9.18 Å². The third-order valence-electron chi connectivity index (χ3n) is 5.25. The van der Waals surface area contributed by atoms with E-state index in [0.29, 0.717) is 13.2 Å². The highest BCUT2D eigenvalue weighted by atomic mass is 19.1. The van der Waals surface area contributed by atoms with Crippen LogP contribution in [-0.2, 0) is 9.47 Å². The summed E-state index contributed by atoms with van der Waals surface area (Å²) in [5, 5.41) is 2.72. The summed E-state index contributed by atoms with van der Waals surface area (Å²) in [5.41, 5.74) is 2.22. The first-order valence-electron chi connectivity index (χ1n) is 10.9. The largest absolute Gasteiger partial charge is 0.497 e. The van der Waals surface area contributed by atoms with Gasteiger partial charge in [-0.05, 0) is 81.6 Å². The highest BCUT2D eigenvalue weighted by Crippen LogP contribution is 2.39. The predicted octanol–water partition coefficient (Wildman–Crippen LogP) is 5.00. The summed E-state index contributed by atoms with van der Waals surface area (Å²) in [5.74, 6) is 0.527. The molecule has 2 atom stereocenters. The number of ether oxygens (including phenoxy) is 3. The van der Waals surface area contributed by atoms with Crippen LogP contribution in [0.2, 0.25) is 0 Å². The minimum absolute atomic E-state index is 0.140. The molecule has 1 saturated heterocycles. The van der Waals surface area contributed by atoms with E-state index in [-0.39, 0.29) is 18.0 Å². The number of halogens is 1. The third-order valence-corrected chi connectivity index (χ3v) is 5.25. The molecule has 0 radical (unpaired) electrons. The van der Waals surface area contributed by atoms with Gasteiger partial charge in [-0.3, -0.25) is 0 Å². The number of alkyl carbamates (subject to hydrolysis) is 1. The lowest BCUT2D eigenvalue weighted by atomic mass is 9.99. The zero-order valence-electron chi connectivity index (χ0n) is 19.5. The summed E-state index contributed by atoms with van der Waals surface area (Å²) >= 11 is 0. The maximum absolute atomic E-state index is 14.2. The maximum atomic E-state index is 14.2. The summed E-state index contributed by atoms with van der Waals surface area (Å²) < 4.78 is 30.9. The monoisotopic (exact) mass is 444 g/mol. The first-order valence-corrected chi connectivity index (χ1v) is 10.9. The van der Waals surface area contributed by atoms with Crippen LogP contribution in [0.25, 0.3) is 0 Å². The Kier molecular flexibility index (Phi) is 7.61. The Balaban J connectivity index is 1.72. The van der Waals surface area contributed by atoms with Gasteiger partial charge in [0.25, 0.3) is 0 Å². The molecule has 32 heavy (non-hydrogen) atoms. The van der Waals surface area contributed by atoms with E-state index in [2.05, 4.69) is 10.2 Å². The molecule has 1 N–H and O–H groups in total. The van der Waals surface area contributed by atoms with E-state index in [1.54, 1.807) is 13.2 Å². The molecule has 1 aliphatic rings. The average Bonchev–Trinajstić information content (AvgIpc) is 3.13. The highest BCUT2D eigenvalue weighted by molar-refractivity contribution is 5.67. The molecule has 1 heterocycles. The summed E-state index contributed by atoms with van der Waals surface area (Å²) in [6.45, 7) is 8.80. The molecule has 2 aromatic rings. The molecule has 1 amide bonds. The SMILES string of the molecule is COc1ccc(N2CC[C@@H](OCCNC(=O)OC(C)(C)C)[C@H]2c2cc(C)cc(F)c2)cc1. The molecule has 0 bridgehead atoms. The molecule has 6 nitrogen and oxygen atoms in total. The van der Waals surface area contributed by atoms with Crippen molar-refractivity contribution < 1.29 is 23.4 Å². The van der Waals surface area contributed by atoms with Crippen LogP contribution in [-0.4, -0.2) is 44.6 Å². The lowest BCUT2D eigenvalue weighted by Gasteiger charge is -2.31. The smallest absolute Gasteiger partial charge is 0.407 e. The molecule has 2 aromatic carbocycles. The van der Waals surface area contributed by atoms with Gasteiger partial charge in [0, 0.05) is 18.8 Å². The van der Waals surface area contributed by atoms with Crippen molar-refractivity contribution in [1.82, 2.24) is 5.32 Å². The van der Waals surface area contributed by atoms with Gasteiger partial charge in [0.15, 0.2) is 0 Å². The van der Waals surface area contributed by atoms with Crippen molar-refractivity contribution in [2.75, 3.05) is 31.7 Å². The number of nitrogens with zero attached hydrogens (tertiary/aromatic N) is 1. The molecule has 0 spiro atoms. The molecule has 0 aliphatic carbocycles. The Morgan fingerprint density at radius 3 is 2.53 bits per heavy atom. The number of hydrogen-bond donors (Lipinski definition) is 1. The minimum Gasteiger partial charge on any atom is -0.497 e. The number of benzene rings is 2. The van der Waals surface area contributed by atoms with Gasteiger partial charge < -0.3 is 24.4 Å². The summed E-state index contributed by atoms with van der Waals surface area (Å²) in [6.07, 6.45) is 0.182. The first-order chi connectivity index (χ1) is 15.2. The summed E-state index contributed by atoms with van der Waals surface area (Å²) in [7, 11) is 1.64. The average molecular weight is 445 g/mol. The van der Waals surface area contributed by atoms with E-state index >= 15 is 0 Å². The van der Waals surface area contributed by atoms with E-state index in [0.717, 1.165) is 35.5 Å². The molecule has 3 rings (SSSR count). The number of hydrogen-bond acceptors (Lipinski definition) is 5. The minimum atomic E-state index is -0.546. The number of amides is 1. The highest BCUT2D eigenvalue weighted by Gasteiger charge is 2.36. The second-order valence-corrected chi connectivity index (χ2v) is 9.02. The fourth-order valence-electron chi connectivity index (χ4n) is 4.01. The molecule has 174 valence electrons. The molecular weight excluding hydrogens is 411 g/mol. The van der Waals surface area contributed by atoms with Crippen molar-refractivity contribution in [1.29, 1.82) is 0 Å². The molecule has 0 saturated carbocycles. The van der Waals surface area contributed by atoms with Gasteiger partial charge >= 0.3 is 6.09 Å². The van der Waals surface area contributed by atoms with Gasteiger partial charge in [0.1, 0.15) is 17.2 Å². The normalized spacial score (nSPS) is 18.5. The van der Waals surface area contributed by atoms with Crippen molar-refractivity contribution in [3.8, 4) is 5.75 Å². The Hall–Kier alpha value is -2.80. The Labute approximate surface area is 189 Å². The van der Waals surface area contributed by atoms with E-state index in [1.807, 2.05) is 58.0 Å². The number of aryl methyl sites for hydroxylation is 1. The van der Waals surface area contributed by atoms with Crippen molar-refractivity contribution in [3.63, 3.8) is 0 Å². The molecule has 7 heteroatoms. The number of methoxy groups -OCH3 is 1. The topological polar surface area (TPSA) is 60.0 Å². The standard InChI is InChI=1S/C25H33FN2O4/c1-17-14-18(16-19(26)15-17)23-22(31-13-11-27-24(29)32-25(2,3)4)10-12-28(23)20-6-8-21(30-5)9-7-20/h6-9,14-16,22-23H,10-13H2,1-5H3,(H,27,29)/t22-,23-/m1/s1. The van der Waals surface area contributed by atoms with Gasteiger partial charge in [0.05, 0.1) is 25.9 Å². The van der Waals surface area contributed by atoms with Crippen LogP contribution < -0.4 is 15.0 Å². The van der Waals surface area contributed by atoms with Crippen molar-refractivity contribution in [2.45, 2.75) is 51.9 Å². The third kappa shape index (κ3) is 6.36. The summed E-state index contributed by atoms with van der Waals surface area (Å²) in [4.78, 5) is 14.1. The second kappa shape index (κ2) is 10.2. The van der Waals surface area contributed by atoms with Crippen LogP contribution in [0.3, 0.4) is 0 Å². The van der Waals surface area contributed by atoms with Crippen LogP contribution in [0, 0.1) is 12.7 Å². The van der Waals surface area contributed by atoms with Crippen molar-refractivity contribution >= 4 is 11.8 Å². The maximum Gasteiger partial charge on any atom is 0.407 e. The fourth-order valence-corrected chi connectivity index (χ4v) is 4.01. The van der Waals surface area contributed by atoms with Crippen molar-refractivity contribution in [3.05, 3.63) is 59.4 Å². The van der Waals surface area contributed by atoms with Gasteiger partial charge in [-0.25, -0.2) is 9.18 Å². The fraction of sp³-hybridized carbons (Fsp3) is 0.480.